The van der Waals surface area contributed by atoms with Crippen LogP contribution in [0.4, 0.5) is 0 Å². The molecule has 124 valence electrons. The second kappa shape index (κ2) is 6.39. The average Bonchev–Trinajstić information content (AvgIpc) is 2.98. The minimum absolute atomic E-state index is 0.0503. The first kappa shape index (κ1) is 16.7. The first-order valence-electron chi connectivity index (χ1n) is 7.37. The van der Waals surface area contributed by atoms with E-state index in [9.17, 15) is 8.42 Å². The standard InChI is InChI=1S/C17H16ClN3O2S/c1-2-14-16(11-7-9-12(18)10-8-11)17(21-20-14)13-5-3-4-6-15(13)24(19,22)23/h3-10H,2H2,1H3,(H,20,21)(H2,19,22,23). The lowest BCUT2D eigenvalue weighted by atomic mass is 9.98. The molecule has 0 amide bonds. The molecule has 0 unspecified atom stereocenters. The van der Waals surface area contributed by atoms with Gasteiger partial charge in [0.15, 0.2) is 0 Å². The highest BCUT2D eigenvalue weighted by molar-refractivity contribution is 7.89. The molecule has 3 N–H and O–H groups in total. The zero-order valence-electron chi connectivity index (χ0n) is 13.0. The fourth-order valence-electron chi connectivity index (χ4n) is 2.67. The Labute approximate surface area is 145 Å². The predicted octanol–water partition coefficient (Wildman–Crippen LogP) is 3.61. The van der Waals surface area contributed by atoms with Crippen molar-refractivity contribution >= 4 is 21.6 Å². The van der Waals surface area contributed by atoms with Gasteiger partial charge in [0.2, 0.25) is 10.0 Å². The van der Waals surface area contributed by atoms with E-state index in [4.69, 9.17) is 16.7 Å². The Bertz CT molecular complexity index is 979. The number of aryl methyl sites for hydroxylation is 1. The molecule has 3 rings (SSSR count). The molecule has 0 fully saturated rings. The van der Waals surface area contributed by atoms with Gasteiger partial charge in [-0.25, -0.2) is 13.6 Å². The molecule has 0 atom stereocenters. The van der Waals surface area contributed by atoms with E-state index < -0.39 is 10.0 Å². The Balaban J connectivity index is 2.28. The molecule has 5 nitrogen and oxygen atoms in total. The van der Waals surface area contributed by atoms with E-state index in [1.165, 1.54) is 6.07 Å². The average molecular weight is 362 g/mol. The summed E-state index contributed by atoms with van der Waals surface area (Å²) in [5, 5.41) is 13.3. The van der Waals surface area contributed by atoms with Crippen molar-refractivity contribution < 1.29 is 8.42 Å². The number of rotatable bonds is 4. The second-order valence-corrected chi connectivity index (χ2v) is 7.29. The van der Waals surface area contributed by atoms with Crippen molar-refractivity contribution in [3.05, 3.63) is 59.2 Å². The quantitative estimate of drug-likeness (QED) is 0.743. The van der Waals surface area contributed by atoms with E-state index >= 15 is 0 Å². The smallest absolute Gasteiger partial charge is 0.238 e. The van der Waals surface area contributed by atoms with E-state index in [-0.39, 0.29) is 4.90 Å². The van der Waals surface area contributed by atoms with Crippen LogP contribution in [-0.4, -0.2) is 18.6 Å². The van der Waals surface area contributed by atoms with Crippen LogP contribution >= 0.6 is 11.6 Å². The molecule has 0 aliphatic rings. The molecule has 0 saturated heterocycles. The topological polar surface area (TPSA) is 88.8 Å². The van der Waals surface area contributed by atoms with Crippen LogP contribution in [0.1, 0.15) is 12.6 Å². The molecule has 24 heavy (non-hydrogen) atoms. The summed E-state index contributed by atoms with van der Waals surface area (Å²) in [6.45, 7) is 2.00. The van der Waals surface area contributed by atoms with Gasteiger partial charge >= 0.3 is 0 Å². The highest BCUT2D eigenvalue weighted by Gasteiger charge is 2.21. The van der Waals surface area contributed by atoms with E-state index in [2.05, 4.69) is 10.2 Å². The highest BCUT2D eigenvalue weighted by Crippen LogP contribution is 2.36. The number of sulfonamides is 1. The van der Waals surface area contributed by atoms with Crippen molar-refractivity contribution in [3.63, 3.8) is 0 Å². The van der Waals surface area contributed by atoms with Gasteiger partial charge in [0.1, 0.15) is 5.69 Å². The SMILES string of the molecule is CCc1[nH]nc(-c2ccccc2S(N)(=O)=O)c1-c1ccc(Cl)cc1. The Morgan fingerprint density at radius 3 is 2.42 bits per heavy atom. The minimum Gasteiger partial charge on any atom is -0.281 e. The number of nitrogens with zero attached hydrogens (tertiary/aromatic N) is 1. The fraction of sp³-hybridized carbons (Fsp3) is 0.118. The number of H-pyrrole nitrogens is 1. The Morgan fingerprint density at radius 2 is 1.79 bits per heavy atom. The van der Waals surface area contributed by atoms with Crippen molar-refractivity contribution in [1.82, 2.24) is 10.2 Å². The molecule has 1 aromatic heterocycles. The largest absolute Gasteiger partial charge is 0.281 e. The number of primary sulfonamides is 1. The second-order valence-electron chi connectivity index (χ2n) is 5.33. The fourth-order valence-corrected chi connectivity index (χ4v) is 3.53. The molecule has 1 heterocycles. The van der Waals surface area contributed by atoms with Crippen LogP contribution in [0.15, 0.2) is 53.4 Å². The summed E-state index contributed by atoms with van der Waals surface area (Å²) in [6.07, 6.45) is 0.725. The Hall–Kier alpha value is -2.15. The number of hydrogen-bond acceptors (Lipinski definition) is 3. The van der Waals surface area contributed by atoms with E-state index in [1.807, 2.05) is 19.1 Å². The lowest BCUT2D eigenvalue weighted by Gasteiger charge is -2.09. The van der Waals surface area contributed by atoms with Crippen molar-refractivity contribution in [1.29, 1.82) is 0 Å². The molecule has 7 heteroatoms. The van der Waals surface area contributed by atoms with Gasteiger partial charge in [0, 0.05) is 21.8 Å². The van der Waals surface area contributed by atoms with Gasteiger partial charge in [-0.15, -0.1) is 0 Å². The molecule has 2 aromatic carbocycles. The zero-order valence-corrected chi connectivity index (χ0v) is 14.5. The minimum atomic E-state index is -3.86. The summed E-state index contributed by atoms with van der Waals surface area (Å²) in [6, 6.07) is 13.9. The van der Waals surface area contributed by atoms with Gasteiger partial charge in [-0.3, -0.25) is 5.10 Å². The summed E-state index contributed by atoms with van der Waals surface area (Å²) in [5.74, 6) is 0. The third-order valence-corrected chi connectivity index (χ3v) is 5.00. The van der Waals surface area contributed by atoms with Crippen molar-refractivity contribution in [2.45, 2.75) is 18.2 Å². The normalized spacial score (nSPS) is 11.6. The van der Waals surface area contributed by atoms with Gasteiger partial charge in [0.25, 0.3) is 0 Å². The third kappa shape index (κ3) is 3.08. The predicted molar refractivity (Wildman–Crippen MR) is 95.2 cm³/mol. The van der Waals surface area contributed by atoms with Crippen LogP contribution < -0.4 is 5.14 Å². The summed E-state index contributed by atoms with van der Waals surface area (Å²) < 4.78 is 23.8. The van der Waals surface area contributed by atoms with Gasteiger partial charge < -0.3 is 0 Å². The molecule has 0 aliphatic heterocycles. The van der Waals surface area contributed by atoms with E-state index in [0.717, 1.165) is 23.2 Å². The number of hydrogen-bond donors (Lipinski definition) is 2. The van der Waals surface area contributed by atoms with Crippen LogP contribution in [0.2, 0.25) is 5.02 Å². The number of aromatic amines is 1. The number of benzene rings is 2. The third-order valence-electron chi connectivity index (χ3n) is 3.78. The lowest BCUT2D eigenvalue weighted by Crippen LogP contribution is -2.13. The van der Waals surface area contributed by atoms with Crippen LogP contribution in [-0.2, 0) is 16.4 Å². The molecular weight excluding hydrogens is 346 g/mol. The maximum absolute atomic E-state index is 11.9. The van der Waals surface area contributed by atoms with Crippen LogP contribution in [0.5, 0.6) is 0 Å². The first-order chi connectivity index (χ1) is 11.4. The Morgan fingerprint density at radius 1 is 1.12 bits per heavy atom. The van der Waals surface area contributed by atoms with Crippen LogP contribution in [0.3, 0.4) is 0 Å². The molecule has 0 bridgehead atoms. The summed E-state index contributed by atoms with van der Waals surface area (Å²) in [5.41, 5.74) is 3.70. The maximum Gasteiger partial charge on any atom is 0.238 e. The molecule has 0 spiro atoms. The summed E-state index contributed by atoms with van der Waals surface area (Å²) in [4.78, 5) is 0.0503. The molecule has 0 saturated carbocycles. The Kier molecular flexibility index (Phi) is 4.45. The lowest BCUT2D eigenvalue weighted by molar-refractivity contribution is 0.598. The number of nitrogens with two attached hydrogens (primary N) is 1. The maximum atomic E-state index is 11.9. The molecule has 0 aliphatic carbocycles. The monoisotopic (exact) mass is 361 g/mol. The zero-order chi connectivity index (χ0) is 17.3. The number of nitrogens with one attached hydrogen (secondary N) is 1. The highest BCUT2D eigenvalue weighted by atomic mass is 35.5. The molecule has 0 radical (unpaired) electrons. The van der Waals surface area contributed by atoms with Crippen molar-refractivity contribution in [3.8, 4) is 22.4 Å². The van der Waals surface area contributed by atoms with Crippen LogP contribution in [0.25, 0.3) is 22.4 Å². The van der Waals surface area contributed by atoms with Crippen LogP contribution in [0, 0.1) is 0 Å². The summed E-state index contributed by atoms with van der Waals surface area (Å²) >= 11 is 5.97. The van der Waals surface area contributed by atoms with E-state index in [1.54, 1.807) is 30.3 Å². The number of halogens is 1. The number of aromatic nitrogens is 2. The van der Waals surface area contributed by atoms with Crippen molar-refractivity contribution in [2.75, 3.05) is 0 Å². The molecular formula is C17H16ClN3O2S. The first-order valence-corrected chi connectivity index (χ1v) is 9.29. The molecule has 3 aromatic rings. The van der Waals surface area contributed by atoms with Crippen molar-refractivity contribution in [2.24, 2.45) is 5.14 Å². The van der Waals surface area contributed by atoms with Gasteiger partial charge in [-0.2, -0.15) is 5.10 Å². The van der Waals surface area contributed by atoms with E-state index in [0.29, 0.717) is 16.3 Å². The van der Waals surface area contributed by atoms with Gasteiger partial charge in [-0.1, -0.05) is 48.9 Å². The summed E-state index contributed by atoms with van der Waals surface area (Å²) in [7, 11) is -3.86. The van der Waals surface area contributed by atoms with Gasteiger partial charge in [0.05, 0.1) is 4.90 Å². The van der Waals surface area contributed by atoms with Gasteiger partial charge in [-0.05, 0) is 30.2 Å².